The van der Waals surface area contributed by atoms with E-state index in [1.807, 2.05) is 38.1 Å². The molecular weight excluding hydrogens is 886 g/mol. The van der Waals surface area contributed by atoms with Crippen molar-refractivity contribution in [1.82, 2.24) is 26.3 Å². The monoisotopic (exact) mass is 976 g/mol. The summed E-state index contributed by atoms with van der Waals surface area (Å²) in [5.41, 5.74) is 1.71. The van der Waals surface area contributed by atoms with Crippen LogP contribution < -0.4 is 21.3 Å². The molecule has 0 aliphatic rings. The van der Waals surface area contributed by atoms with Crippen LogP contribution >= 0.6 is 7.82 Å². The third kappa shape index (κ3) is 28.6. The molecule has 6 N–H and O–H groups in total. The van der Waals surface area contributed by atoms with Gasteiger partial charge in [0.15, 0.2) is 0 Å². The molecule has 16 heteroatoms. The molecule has 0 saturated carbocycles. The fraction of sp³-hybridized carbons (Fsp3) is 0.750. The summed E-state index contributed by atoms with van der Waals surface area (Å²) in [4.78, 5) is 78.5. The Hall–Kier alpha value is -3.78. The Morgan fingerprint density at radius 2 is 1.18 bits per heavy atom. The molecule has 0 fully saturated rings. The van der Waals surface area contributed by atoms with Gasteiger partial charge in [0.25, 0.3) is 0 Å². The summed E-state index contributed by atoms with van der Waals surface area (Å²) in [6, 6.07) is 5.49. The van der Waals surface area contributed by atoms with Crippen molar-refractivity contribution in [3.63, 3.8) is 0 Å². The first kappa shape index (κ1) is 60.3. The van der Waals surface area contributed by atoms with Crippen LogP contribution in [0.4, 0.5) is 0 Å². The number of esters is 1. The molecule has 1 aromatic heterocycles. The van der Waals surface area contributed by atoms with Crippen molar-refractivity contribution >= 4 is 48.3 Å². The van der Waals surface area contributed by atoms with Gasteiger partial charge in [-0.05, 0) is 36.8 Å². The molecule has 388 valence electrons. The van der Waals surface area contributed by atoms with Gasteiger partial charge in [-0.3, -0.25) is 33.0 Å². The second kappa shape index (κ2) is 38.0. The summed E-state index contributed by atoms with van der Waals surface area (Å²) < 4.78 is 28.6. The number of H-pyrrole nitrogens is 1. The van der Waals surface area contributed by atoms with E-state index >= 15 is 0 Å². The lowest BCUT2D eigenvalue weighted by atomic mass is 9.98. The summed E-state index contributed by atoms with van der Waals surface area (Å²) in [5.74, 6) is -2.29. The molecule has 0 aliphatic carbocycles. The Labute approximate surface area is 408 Å². The number of rotatable bonds is 43. The third-order valence-corrected chi connectivity index (χ3v) is 13.4. The second-order valence-electron chi connectivity index (χ2n) is 18.4. The summed E-state index contributed by atoms with van der Waals surface area (Å²) in [5, 5.41) is 11.8. The minimum atomic E-state index is -4.75. The number of unbranched alkanes of at least 4 members (excludes halogenated alkanes) is 20. The standard InChI is InChI=1S/C52H90N5O10P/c1-5-8-10-12-14-16-17-18-19-21-22-24-26-33-47(58)56-46(51(61)53-35-30-37-65-49(60)34-27-25-23-20-15-13-11-9-6-2)41-67-68(63,64)66-38-36-54-52(62)50(42(4)7-3)57-48(59)39-43-40-55-45-32-29-28-31-44(43)45/h28-29,31-32,40,42,46,50,55H,5-27,30,33-39,41H2,1-4H3,(H,53,61)(H,54,62)(H,56,58)(H,57,59)(H,63,64)/t42-,46-,50-/m0/s1. The average Bonchev–Trinajstić information content (AvgIpc) is 3.73. The molecule has 0 bridgehead atoms. The van der Waals surface area contributed by atoms with Crippen LogP contribution in [0.15, 0.2) is 30.5 Å². The Balaban J connectivity index is 1.81. The number of ether oxygens (including phenoxy) is 1. The van der Waals surface area contributed by atoms with Crippen LogP contribution in [0, 0.1) is 5.92 Å². The van der Waals surface area contributed by atoms with E-state index in [4.69, 9.17) is 13.8 Å². The second-order valence-corrected chi connectivity index (χ2v) is 19.9. The summed E-state index contributed by atoms with van der Waals surface area (Å²) in [6.45, 7) is 7.24. The van der Waals surface area contributed by atoms with Gasteiger partial charge in [0.2, 0.25) is 23.6 Å². The maximum Gasteiger partial charge on any atom is 0.472 e. The molecule has 15 nitrogen and oxygen atoms in total. The first-order chi connectivity index (χ1) is 32.9. The van der Waals surface area contributed by atoms with Gasteiger partial charge in [-0.25, -0.2) is 4.57 Å². The minimum absolute atomic E-state index is 0.0756. The van der Waals surface area contributed by atoms with Gasteiger partial charge in [-0.1, -0.05) is 181 Å². The summed E-state index contributed by atoms with van der Waals surface area (Å²) in [6.07, 6.45) is 28.9. The first-order valence-electron chi connectivity index (χ1n) is 26.4. The zero-order valence-electron chi connectivity index (χ0n) is 42.3. The van der Waals surface area contributed by atoms with E-state index in [1.165, 1.54) is 96.3 Å². The lowest BCUT2D eigenvalue weighted by Gasteiger charge is -2.24. The van der Waals surface area contributed by atoms with E-state index in [1.54, 1.807) is 6.20 Å². The third-order valence-electron chi connectivity index (χ3n) is 12.4. The zero-order chi connectivity index (χ0) is 49.7. The van der Waals surface area contributed by atoms with Gasteiger partial charge >= 0.3 is 13.8 Å². The van der Waals surface area contributed by atoms with Crippen LogP contribution in [0.2, 0.25) is 0 Å². The maximum atomic E-state index is 13.3. The van der Waals surface area contributed by atoms with Crippen LogP contribution in [0.1, 0.15) is 200 Å². The number of para-hydroxylation sites is 1. The largest absolute Gasteiger partial charge is 0.472 e. The number of hydrogen-bond donors (Lipinski definition) is 6. The fourth-order valence-corrected chi connectivity index (χ4v) is 8.76. The molecule has 0 radical (unpaired) electrons. The normalized spacial score (nSPS) is 13.6. The lowest BCUT2D eigenvalue weighted by Crippen LogP contribution is -2.51. The molecule has 0 spiro atoms. The van der Waals surface area contributed by atoms with Crippen molar-refractivity contribution in [3.8, 4) is 0 Å². The SMILES string of the molecule is CCCCCCCCCCCCCCCC(=O)N[C@@H](COP(=O)(O)OCCNC(=O)[C@@H](NC(=O)Cc1c[nH]c2ccccc12)[C@@H](C)CC)C(=O)NCCCOC(=O)CCCCCCCCCCC. The number of hydrogen-bond acceptors (Lipinski definition) is 9. The molecule has 0 aliphatic heterocycles. The predicted molar refractivity (Wildman–Crippen MR) is 271 cm³/mol. The maximum absolute atomic E-state index is 13.3. The van der Waals surface area contributed by atoms with Crippen LogP contribution in [0.25, 0.3) is 10.9 Å². The Kier molecular flexibility index (Phi) is 33.7. The number of amides is 4. The number of aromatic amines is 1. The minimum Gasteiger partial charge on any atom is -0.466 e. The Morgan fingerprint density at radius 3 is 1.76 bits per heavy atom. The number of phosphoric ester groups is 1. The van der Waals surface area contributed by atoms with Crippen molar-refractivity contribution in [2.45, 2.75) is 213 Å². The predicted octanol–water partition coefficient (Wildman–Crippen LogP) is 10.4. The fourth-order valence-electron chi connectivity index (χ4n) is 8.03. The highest BCUT2D eigenvalue weighted by atomic mass is 31.2. The van der Waals surface area contributed by atoms with Crippen molar-refractivity contribution in [1.29, 1.82) is 0 Å². The zero-order valence-corrected chi connectivity index (χ0v) is 43.2. The van der Waals surface area contributed by atoms with Crippen LogP contribution in [0.3, 0.4) is 0 Å². The van der Waals surface area contributed by atoms with Crippen LogP contribution in [-0.2, 0) is 48.7 Å². The number of nitrogens with one attached hydrogen (secondary N) is 5. The number of fused-ring (bicyclic) bond motifs is 1. The molecule has 4 amide bonds. The average molecular weight is 976 g/mol. The van der Waals surface area contributed by atoms with Crippen molar-refractivity contribution in [3.05, 3.63) is 36.0 Å². The van der Waals surface area contributed by atoms with E-state index in [-0.39, 0.29) is 56.2 Å². The topological polar surface area (TPSA) is 214 Å². The highest BCUT2D eigenvalue weighted by Gasteiger charge is 2.29. The summed E-state index contributed by atoms with van der Waals surface area (Å²) in [7, 11) is -4.75. The summed E-state index contributed by atoms with van der Waals surface area (Å²) >= 11 is 0. The quantitative estimate of drug-likeness (QED) is 0.0210. The van der Waals surface area contributed by atoms with Crippen molar-refractivity contribution in [2.24, 2.45) is 5.92 Å². The number of aromatic nitrogens is 1. The van der Waals surface area contributed by atoms with Crippen LogP contribution in [-0.4, -0.2) is 84.5 Å². The Bertz CT molecular complexity index is 1740. The smallest absolute Gasteiger partial charge is 0.466 e. The molecule has 68 heavy (non-hydrogen) atoms. The van der Waals surface area contributed by atoms with E-state index in [0.717, 1.165) is 55.0 Å². The molecule has 1 aromatic carbocycles. The van der Waals surface area contributed by atoms with E-state index in [0.29, 0.717) is 25.7 Å². The highest BCUT2D eigenvalue weighted by Crippen LogP contribution is 2.43. The molecular formula is C52H90N5O10P. The Morgan fingerprint density at radius 1 is 0.632 bits per heavy atom. The van der Waals surface area contributed by atoms with Gasteiger partial charge in [-0.15, -0.1) is 0 Å². The van der Waals surface area contributed by atoms with Crippen molar-refractivity contribution < 1.29 is 47.2 Å². The molecule has 2 aromatic rings. The number of benzene rings is 1. The van der Waals surface area contributed by atoms with Gasteiger partial charge in [0.05, 0.1) is 26.2 Å². The van der Waals surface area contributed by atoms with Crippen LogP contribution in [0.5, 0.6) is 0 Å². The van der Waals surface area contributed by atoms with Gasteiger partial charge in [0.1, 0.15) is 12.1 Å². The number of carbonyl (C=O) groups is 5. The lowest BCUT2D eigenvalue weighted by molar-refractivity contribution is -0.143. The molecule has 1 unspecified atom stereocenters. The molecule has 4 atom stereocenters. The number of carbonyl (C=O) groups excluding carboxylic acids is 5. The first-order valence-corrected chi connectivity index (χ1v) is 27.9. The van der Waals surface area contributed by atoms with Crippen molar-refractivity contribution in [2.75, 3.05) is 32.9 Å². The van der Waals surface area contributed by atoms with E-state index in [9.17, 15) is 33.4 Å². The number of phosphoric acid groups is 1. The molecule has 0 saturated heterocycles. The molecule has 2 rings (SSSR count). The van der Waals surface area contributed by atoms with Gasteiger partial charge in [-0.2, -0.15) is 0 Å². The molecule has 1 heterocycles. The van der Waals surface area contributed by atoms with E-state index < -0.39 is 44.9 Å². The van der Waals surface area contributed by atoms with E-state index in [2.05, 4.69) is 40.1 Å². The van der Waals surface area contributed by atoms with Gasteiger partial charge < -0.3 is 35.9 Å². The van der Waals surface area contributed by atoms with Gasteiger partial charge in [0, 0.05) is 43.0 Å². The highest BCUT2D eigenvalue weighted by molar-refractivity contribution is 7.47.